The predicted octanol–water partition coefficient (Wildman–Crippen LogP) is 2.71. The van der Waals surface area contributed by atoms with Gasteiger partial charge in [0.15, 0.2) is 17.4 Å². The molecule has 0 nitrogen and oxygen atoms in total. The number of rotatable bonds is 2. The van der Waals surface area contributed by atoms with Crippen LogP contribution in [0, 0.1) is 0 Å². The average Bonchev–Trinajstić information content (AvgIpc) is 1.25. The molecule has 0 saturated carbocycles. The summed E-state index contributed by atoms with van der Waals surface area (Å²) in [7, 11) is 22.0. The van der Waals surface area contributed by atoms with Gasteiger partial charge >= 0.3 is 65.7 Å². The van der Waals surface area contributed by atoms with Crippen LogP contribution < -0.4 is 0 Å². The normalized spacial score (nSPS) is 14.9. The van der Waals surface area contributed by atoms with E-state index in [1.54, 1.807) is 0 Å². The summed E-state index contributed by atoms with van der Waals surface area (Å²) < 4.78 is 0.323. The summed E-state index contributed by atoms with van der Waals surface area (Å²) in [5.41, 5.74) is 0. The van der Waals surface area contributed by atoms with E-state index in [1.165, 1.54) is 6.08 Å². The first kappa shape index (κ1) is 13.7. The van der Waals surface area contributed by atoms with E-state index < -0.39 is 11.1 Å². The number of allylic oxidation sites excluding steroid dienone is 1. The molecule has 0 aromatic carbocycles. The van der Waals surface area contributed by atoms with Crippen LogP contribution in [0.4, 0.5) is 0 Å². The summed E-state index contributed by atoms with van der Waals surface area (Å²) in [6.45, 7) is 3.40. The molecule has 0 fully saturated rings. The third-order valence-corrected chi connectivity index (χ3v) is 4.41. The van der Waals surface area contributed by atoms with Crippen molar-refractivity contribution in [3.05, 3.63) is 12.7 Å². The Morgan fingerprint density at radius 1 is 1.22 bits per heavy atom. The van der Waals surface area contributed by atoms with Crippen LogP contribution in [0.25, 0.3) is 0 Å². The van der Waals surface area contributed by atoms with Gasteiger partial charge in [-0.05, 0) is 0 Å². The van der Waals surface area contributed by atoms with Crippen molar-refractivity contribution in [2.45, 2.75) is 4.73 Å². The van der Waals surface area contributed by atoms with Crippen molar-refractivity contribution in [3.63, 3.8) is 0 Å². The summed E-state index contributed by atoms with van der Waals surface area (Å²) in [5, 5.41) is 0. The van der Waals surface area contributed by atoms with Crippen LogP contribution in [-0.4, -0.2) is 17.4 Å². The minimum Gasteiger partial charge on any atom is 0.187 e. The van der Waals surface area contributed by atoms with Crippen LogP contribution in [-0.2, 0) is 11.1 Å². The fraction of sp³-hybridized carbons (Fsp3) is 0.333. The smallest absolute Gasteiger partial charge is 0.187 e. The molecule has 0 aromatic heterocycles. The van der Waals surface area contributed by atoms with Crippen LogP contribution in [0.1, 0.15) is 0 Å². The summed E-state index contributed by atoms with van der Waals surface area (Å²) in [5.74, 6) is 0. The quantitative estimate of drug-likeness (QED) is 0.529. The van der Waals surface area contributed by atoms with Crippen molar-refractivity contribution < 1.29 is 11.1 Å². The van der Waals surface area contributed by atoms with Crippen LogP contribution >= 0.6 is 37.2 Å². The fourth-order valence-electron chi connectivity index (χ4n) is 0.218. The second kappa shape index (κ2) is 4.24. The molecule has 0 spiro atoms. The van der Waals surface area contributed by atoms with E-state index in [-0.39, 0.29) is 17.4 Å². The minimum absolute atomic E-state index is 0. The van der Waals surface area contributed by atoms with Gasteiger partial charge in [0.25, 0.3) is 0 Å². The van der Waals surface area contributed by atoms with E-state index in [9.17, 15) is 0 Å². The Morgan fingerprint density at radius 2 is 1.56 bits per heavy atom. The molecule has 6 heteroatoms. The third kappa shape index (κ3) is 13.2. The summed E-state index contributed by atoms with van der Waals surface area (Å²) in [4.78, 5) is 0. The zero-order valence-corrected chi connectivity index (χ0v) is 8.59. The molecule has 0 atom stereocenters. The van der Waals surface area contributed by atoms with Crippen molar-refractivity contribution in [2.75, 3.05) is 0 Å². The Kier molecular flexibility index (Phi) is 6.47. The van der Waals surface area contributed by atoms with E-state index >= 15 is 0 Å². The zero-order chi connectivity index (χ0) is 6.86. The van der Waals surface area contributed by atoms with Gasteiger partial charge in [-0.2, -0.15) is 0 Å². The summed E-state index contributed by atoms with van der Waals surface area (Å²) in [6.07, 6.45) is 1.52. The fourth-order valence-corrected chi connectivity index (χ4v) is 2.70. The molecule has 0 unspecified atom stereocenters. The van der Waals surface area contributed by atoms with Crippen LogP contribution in [0.3, 0.4) is 0 Å². The Hall–Kier alpha value is 2.15. The standard InChI is InChI=1S/C3H5.Al.4ClH.Ti.3H/c1-3-2;;;;;;;;;/h3H,1-2H2;;4*1H;;;;/q;;;;;;+4;;;/p-4. The molecule has 0 amide bonds. The van der Waals surface area contributed by atoms with Gasteiger partial charge in [-0.3, -0.25) is 0 Å². The van der Waals surface area contributed by atoms with E-state index in [1.807, 2.05) is 0 Å². The minimum atomic E-state index is -3.93. The zero-order valence-electron chi connectivity index (χ0n) is 4.00. The van der Waals surface area contributed by atoms with Crippen molar-refractivity contribution in [1.82, 2.24) is 0 Å². The largest absolute Gasteiger partial charge is 0.187 e. The molecular weight excluding hydrogens is 253 g/mol. The van der Waals surface area contributed by atoms with Crippen LogP contribution in [0.15, 0.2) is 12.7 Å². The van der Waals surface area contributed by atoms with Gasteiger partial charge in [0.2, 0.25) is 0 Å². The molecule has 0 heterocycles. The van der Waals surface area contributed by atoms with E-state index in [2.05, 4.69) is 6.58 Å². The van der Waals surface area contributed by atoms with Gasteiger partial charge < -0.3 is 0 Å². The molecule has 9 heavy (non-hydrogen) atoms. The average molecular weight is 261 g/mol. The second-order valence-corrected chi connectivity index (χ2v) is 23.6. The molecule has 0 aromatic rings. The first-order valence-electron chi connectivity index (χ1n) is 1.93. The van der Waals surface area contributed by atoms with Crippen molar-refractivity contribution >= 4 is 54.6 Å². The molecule has 0 aliphatic carbocycles. The van der Waals surface area contributed by atoms with Crippen LogP contribution in [0.5, 0.6) is 0 Å². The number of hydrogen-bond donors (Lipinski definition) is 0. The van der Waals surface area contributed by atoms with Gasteiger partial charge in [-0.1, -0.05) is 0 Å². The molecule has 0 N–H and O–H groups in total. The van der Waals surface area contributed by atoms with Crippen molar-refractivity contribution in [1.29, 1.82) is 0 Å². The molecule has 0 aliphatic heterocycles. The topological polar surface area (TPSA) is 0 Å². The first-order valence-corrected chi connectivity index (χ1v) is 11.6. The number of hydrogen-bond acceptors (Lipinski definition) is 0. The third-order valence-electron chi connectivity index (χ3n) is 0.453. The molecule has 0 radical (unpaired) electrons. The molecule has 0 bridgehead atoms. The maximum atomic E-state index is 5.51. The van der Waals surface area contributed by atoms with Gasteiger partial charge in [-0.15, -0.1) is 0 Å². The van der Waals surface area contributed by atoms with Gasteiger partial charge in [0.05, 0.1) is 0 Å². The van der Waals surface area contributed by atoms with E-state index in [4.69, 9.17) is 37.2 Å². The molecule has 0 saturated heterocycles. The summed E-state index contributed by atoms with van der Waals surface area (Å²) in [6, 6.07) is 0. The first-order chi connectivity index (χ1) is 3.31. The van der Waals surface area contributed by atoms with Gasteiger partial charge in [-0.25, -0.2) is 0 Å². The summed E-state index contributed by atoms with van der Waals surface area (Å²) >= 11 is -3.93. The Labute approximate surface area is 82.0 Å². The molecule has 0 aliphatic rings. The van der Waals surface area contributed by atoms with Crippen molar-refractivity contribution in [2.24, 2.45) is 0 Å². The Bertz CT molecular complexity index is 96.9. The van der Waals surface area contributed by atoms with Gasteiger partial charge in [0, 0.05) is 0 Å². The SMILES string of the molecule is C=C[CH2][Ti]([Cl])([Cl])([Cl])[Cl].[AlH3]. The molecule has 55 valence electrons. The monoisotopic (exact) mass is 259 g/mol. The Balaban J connectivity index is 0. The maximum absolute atomic E-state index is 5.51. The predicted molar refractivity (Wildman–Crippen MR) is 48.4 cm³/mol. The number of halogens is 4. The van der Waals surface area contributed by atoms with E-state index in [0.717, 1.165) is 0 Å². The second-order valence-electron chi connectivity index (χ2n) is 1.46. The van der Waals surface area contributed by atoms with Gasteiger partial charge in [0.1, 0.15) is 0 Å². The molecular formula is C3H8AlCl4Ti. The van der Waals surface area contributed by atoms with Crippen molar-refractivity contribution in [3.8, 4) is 0 Å². The Morgan fingerprint density at radius 3 is 1.56 bits per heavy atom. The van der Waals surface area contributed by atoms with Crippen LogP contribution in [0.2, 0.25) is 4.73 Å². The molecule has 0 rings (SSSR count). The maximum Gasteiger partial charge on any atom is 0.187 e. The van der Waals surface area contributed by atoms with E-state index in [0.29, 0.717) is 4.73 Å².